The van der Waals surface area contributed by atoms with E-state index in [1.165, 1.54) is 0 Å². The molecule has 0 heterocycles. The van der Waals surface area contributed by atoms with E-state index in [9.17, 15) is 9.59 Å². The van der Waals surface area contributed by atoms with Gasteiger partial charge in [0.1, 0.15) is 0 Å². The number of hydrogen-bond donors (Lipinski definition) is 1. The predicted octanol–water partition coefficient (Wildman–Crippen LogP) is 3.07. The molecular formula is C18H20N2O2. The molecule has 0 aromatic heterocycles. The number of carbonyl (C=O) groups excluding carboxylic acids is 2. The summed E-state index contributed by atoms with van der Waals surface area (Å²) in [4.78, 5) is 25.3. The molecule has 0 bridgehead atoms. The molecule has 0 saturated carbocycles. The first-order valence-corrected chi connectivity index (χ1v) is 7.22. The van der Waals surface area contributed by atoms with Crippen molar-refractivity contribution in [1.29, 1.82) is 0 Å². The van der Waals surface area contributed by atoms with Gasteiger partial charge in [0.15, 0.2) is 5.78 Å². The van der Waals surface area contributed by atoms with Gasteiger partial charge in [-0.15, -0.1) is 0 Å². The van der Waals surface area contributed by atoms with Crippen molar-refractivity contribution in [1.82, 2.24) is 4.90 Å². The van der Waals surface area contributed by atoms with E-state index in [1.807, 2.05) is 42.5 Å². The van der Waals surface area contributed by atoms with Gasteiger partial charge in [-0.05, 0) is 24.3 Å². The van der Waals surface area contributed by atoms with Crippen LogP contribution in [0.25, 0.3) is 0 Å². The number of nitrogens with zero attached hydrogens (tertiary/aromatic N) is 1. The Morgan fingerprint density at radius 3 is 2.14 bits per heavy atom. The van der Waals surface area contributed by atoms with Crippen molar-refractivity contribution in [3.63, 3.8) is 0 Å². The summed E-state index contributed by atoms with van der Waals surface area (Å²) in [5.41, 5.74) is 2.28. The molecule has 2 aromatic carbocycles. The van der Waals surface area contributed by atoms with Crippen LogP contribution in [-0.2, 0) is 0 Å². The van der Waals surface area contributed by atoms with Crippen LogP contribution < -0.4 is 5.32 Å². The molecule has 4 nitrogen and oxygen atoms in total. The summed E-state index contributed by atoms with van der Waals surface area (Å²) >= 11 is 0. The number of benzene rings is 2. The van der Waals surface area contributed by atoms with E-state index in [0.29, 0.717) is 18.5 Å². The van der Waals surface area contributed by atoms with E-state index < -0.39 is 0 Å². The molecular weight excluding hydrogens is 276 g/mol. The van der Waals surface area contributed by atoms with Crippen molar-refractivity contribution in [2.75, 3.05) is 26.0 Å². The van der Waals surface area contributed by atoms with E-state index in [1.54, 1.807) is 31.1 Å². The Morgan fingerprint density at radius 1 is 0.909 bits per heavy atom. The summed E-state index contributed by atoms with van der Waals surface area (Å²) < 4.78 is 0. The second-order valence-electron chi connectivity index (χ2n) is 5.24. The van der Waals surface area contributed by atoms with Crippen LogP contribution in [0, 0.1) is 0 Å². The minimum absolute atomic E-state index is 0.0224. The Morgan fingerprint density at radius 2 is 1.55 bits per heavy atom. The van der Waals surface area contributed by atoms with Crippen molar-refractivity contribution in [3.05, 3.63) is 65.7 Å². The highest BCUT2D eigenvalue weighted by Crippen LogP contribution is 2.11. The molecule has 0 spiro atoms. The summed E-state index contributed by atoms with van der Waals surface area (Å²) in [6.45, 7) is 0.564. The zero-order valence-electron chi connectivity index (χ0n) is 12.9. The minimum atomic E-state index is -0.0224. The van der Waals surface area contributed by atoms with Crippen molar-refractivity contribution in [3.8, 4) is 0 Å². The zero-order chi connectivity index (χ0) is 15.9. The molecule has 114 valence electrons. The number of nitrogens with one attached hydrogen (secondary N) is 1. The van der Waals surface area contributed by atoms with Gasteiger partial charge < -0.3 is 10.2 Å². The fraction of sp³-hybridized carbons (Fsp3) is 0.222. The molecule has 22 heavy (non-hydrogen) atoms. The summed E-state index contributed by atoms with van der Waals surface area (Å²) in [6.07, 6.45) is 0.433. The SMILES string of the molecule is CN(C)C(=O)c1ccc(NCCC(=O)c2ccccc2)cc1. The fourth-order valence-electron chi connectivity index (χ4n) is 2.08. The van der Waals surface area contributed by atoms with Crippen LogP contribution in [-0.4, -0.2) is 37.2 Å². The van der Waals surface area contributed by atoms with E-state index in [2.05, 4.69) is 5.32 Å². The second kappa shape index (κ2) is 7.41. The third kappa shape index (κ3) is 4.19. The van der Waals surface area contributed by atoms with E-state index in [4.69, 9.17) is 0 Å². The van der Waals surface area contributed by atoms with Gasteiger partial charge >= 0.3 is 0 Å². The lowest BCUT2D eigenvalue weighted by Gasteiger charge is -2.11. The maximum atomic E-state index is 12.0. The molecule has 0 saturated heterocycles. The number of Topliss-reactive ketones (excluding diaryl/α,β-unsaturated/α-hetero) is 1. The number of hydrogen-bond acceptors (Lipinski definition) is 3. The first-order valence-electron chi connectivity index (χ1n) is 7.22. The minimum Gasteiger partial charge on any atom is -0.385 e. The van der Waals surface area contributed by atoms with Crippen LogP contribution in [0.15, 0.2) is 54.6 Å². The number of anilines is 1. The third-order valence-electron chi connectivity index (χ3n) is 3.31. The highest BCUT2D eigenvalue weighted by Gasteiger charge is 2.07. The van der Waals surface area contributed by atoms with Crippen molar-refractivity contribution >= 4 is 17.4 Å². The molecule has 0 aliphatic carbocycles. The van der Waals surface area contributed by atoms with Gasteiger partial charge in [0.2, 0.25) is 0 Å². The Labute approximate surface area is 130 Å². The van der Waals surface area contributed by atoms with Crippen LogP contribution >= 0.6 is 0 Å². The molecule has 1 N–H and O–H groups in total. The van der Waals surface area contributed by atoms with Crippen molar-refractivity contribution < 1.29 is 9.59 Å². The predicted molar refractivity (Wildman–Crippen MR) is 88.3 cm³/mol. The van der Waals surface area contributed by atoms with Gasteiger partial charge in [-0.25, -0.2) is 0 Å². The summed E-state index contributed by atoms with van der Waals surface area (Å²) in [5, 5.41) is 3.19. The fourth-order valence-corrected chi connectivity index (χ4v) is 2.08. The number of carbonyl (C=O) groups is 2. The number of ketones is 1. The number of rotatable bonds is 6. The smallest absolute Gasteiger partial charge is 0.253 e. The molecule has 2 aromatic rings. The second-order valence-corrected chi connectivity index (χ2v) is 5.24. The lowest BCUT2D eigenvalue weighted by molar-refractivity contribution is 0.0827. The summed E-state index contributed by atoms with van der Waals surface area (Å²) in [6, 6.07) is 16.5. The van der Waals surface area contributed by atoms with E-state index in [-0.39, 0.29) is 11.7 Å². The van der Waals surface area contributed by atoms with Crippen molar-refractivity contribution in [2.45, 2.75) is 6.42 Å². The van der Waals surface area contributed by atoms with Gasteiger partial charge in [-0.2, -0.15) is 0 Å². The monoisotopic (exact) mass is 296 g/mol. The summed E-state index contributed by atoms with van der Waals surface area (Å²) in [7, 11) is 3.45. The standard InChI is InChI=1S/C18H20N2O2/c1-20(2)18(22)15-8-10-16(11-9-15)19-13-12-17(21)14-6-4-3-5-7-14/h3-11,19H,12-13H2,1-2H3. The van der Waals surface area contributed by atoms with Gasteiger partial charge in [0.25, 0.3) is 5.91 Å². The van der Waals surface area contributed by atoms with E-state index >= 15 is 0 Å². The third-order valence-corrected chi connectivity index (χ3v) is 3.31. The summed E-state index contributed by atoms with van der Waals surface area (Å²) in [5.74, 6) is 0.0957. The molecule has 0 fully saturated rings. The lowest BCUT2D eigenvalue weighted by atomic mass is 10.1. The Balaban J connectivity index is 1.85. The van der Waals surface area contributed by atoms with Crippen LogP contribution in [0.4, 0.5) is 5.69 Å². The average Bonchev–Trinajstić information content (AvgIpc) is 2.55. The Kier molecular flexibility index (Phi) is 5.31. The molecule has 0 unspecified atom stereocenters. The number of amides is 1. The Hall–Kier alpha value is -2.62. The van der Waals surface area contributed by atoms with Gasteiger partial charge in [0, 0.05) is 43.9 Å². The first kappa shape index (κ1) is 15.8. The first-order chi connectivity index (χ1) is 10.6. The average molecular weight is 296 g/mol. The largest absolute Gasteiger partial charge is 0.385 e. The van der Waals surface area contributed by atoms with Crippen LogP contribution in [0.5, 0.6) is 0 Å². The molecule has 1 amide bonds. The molecule has 0 radical (unpaired) electrons. The van der Waals surface area contributed by atoms with Gasteiger partial charge in [-0.1, -0.05) is 30.3 Å². The van der Waals surface area contributed by atoms with Gasteiger partial charge in [-0.3, -0.25) is 9.59 Å². The maximum absolute atomic E-state index is 12.0. The highest BCUT2D eigenvalue weighted by atomic mass is 16.2. The van der Waals surface area contributed by atoms with E-state index in [0.717, 1.165) is 11.3 Å². The topological polar surface area (TPSA) is 49.4 Å². The lowest BCUT2D eigenvalue weighted by Crippen LogP contribution is -2.21. The van der Waals surface area contributed by atoms with Gasteiger partial charge in [0.05, 0.1) is 0 Å². The van der Waals surface area contributed by atoms with Crippen molar-refractivity contribution in [2.24, 2.45) is 0 Å². The Bertz CT molecular complexity index is 634. The molecule has 0 aliphatic heterocycles. The van der Waals surface area contributed by atoms with Crippen LogP contribution in [0.1, 0.15) is 27.1 Å². The maximum Gasteiger partial charge on any atom is 0.253 e. The highest BCUT2D eigenvalue weighted by molar-refractivity contribution is 5.96. The van der Waals surface area contributed by atoms with Crippen LogP contribution in [0.2, 0.25) is 0 Å². The van der Waals surface area contributed by atoms with Crippen LogP contribution in [0.3, 0.4) is 0 Å². The normalized spacial score (nSPS) is 10.1. The molecule has 4 heteroatoms. The molecule has 2 rings (SSSR count). The molecule has 0 atom stereocenters. The zero-order valence-corrected chi connectivity index (χ0v) is 12.9. The quantitative estimate of drug-likeness (QED) is 0.833. The molecule has 0 aliphatic rings.